The van der Waals surface area contributed by atoms with E-state index in [1.165, 1.54) is 56.6 Å². The lowest BCUT2D eigenvalue weighted by molar-refractivity contribution is -0.154. The molecule has 4 aliphatic rings. The average Bonchev–Trinajstić information content (AvgIpc) is 3.34. The second kappa shape index (κ2) is 13.4. The molecule has 8 unspecified atom stereocenters. The Morgan fingerprint density at radius 2 is 1.67 bits per heavy atom. The lowest BCUT2D eigenvalue weighted by atomic mass is 9.44. The number of hydrogen-bond donors (Lipinski definition) is 2. The van der Waals surface area contributed by atoms with Crippen molar-refractivity contribution in [3.63, 3.8) is 0 Å². The topological polar surface area (TPSA) is 105 Å². The second-order valence-corrected chi connectivity index (χ2v) is 16.8. The van der Waals surface area contributed by atoms with Crippen molar-refractivity contribution in [3.05, 3.63) is 47.6 Å². The summed E-state index contributed by atoms with van der Waals surface area (Å²) in [7, 11) is 0. The highest BCUT2D eigenvalue weighted by Gasteiger charge is 2.61. The van der Waals surface area contributed by atoms with Gasteiger partial charge < -0.3 is 20.9 Å². The fourth-order valence-corrected chi connectivity index (χ4v) is 10.9. The molecular formula is C40H60N2O4. The predicted molar refractivity (Wildman–Crippen MR) is 186 cm³/mol. The molecule has 0 amide bonds. The Balaban J connectivity index is 1.21. The molecule has 5 rings (SSSR count). The minimum atomic E-state index is -0.618. The van der Waals surface area contributed by atoms with E-state index in [0.717, 1.165) is 54.9 Å². The molecule has 1 aromatic rings. The fourth-order valence-electron chi connectivity index (χ4n) is 10.9. The average molecular weight is 633 g/mol. The van der Waals surface area contributed by atoms with E-state index in [9.17, 15) is 9.59 Å². The molecule has 0 radical (unpaired) electrons. The van der Waals surface area contributed by atoms with Crippen molar-refractivity contribution < 1.29 is 19.1 Å². The minimum Gasteiger partial charge on any atom is -0.458 e. The molecule has 3 fully saturated rings. The van der Waals surface area contributed by atoms with Crippen molar-refractivity contribution in [2.24, 2.45) is 51.8 Å². The van der Waals surface area contributed by atoms with E-state index in [2.05, 4.69) is 54.5 Å². The third-order valence-corrected chi connectivity index (χ3v) is 13.2. The Bertz CT molecular complexity index is 1350. The summed E-state index contributed by atoms with van der Waals surface area (Å²) in [6, 6.07) is 5.06. The molecule has 1 aromatic carbocycles. The van der Waals surface area contributed by atoms with Crippen LogP contribution in [0.2, 0.25) is 0 Å². The summed E-state index contributed by atoms with van der Waals surface area (Å²) in [5, 5.41) is 0. The smallest absolute Gasteiger partial charge is 0.331 e. The van der Waals surface area contributed by atoms with E-state index >= 15 is 0 Å². The van der Waals surface area contributed by atoms with Gasteiger partial charge in [-0.3, -0.25) is 0 Å². The number of carbonyl (C=O) groups is 2. The third kappa shape index (κ3) is 6.65. The van der Waals surface area contributed by atoms with E-state index in [-0.39, 0.29) is 23.5 Å². The number of rotatable bonds is 10. The van der Waals surface area contributed by atoms with Crippen molar-refractivity contribution >= 4 is 23.3 Å². The van der Waals surface area contributed by atoms with Gasteiger partial charge in [-0.1, -0.05) is 85.4 Å². The summed E-state index contributed by atoms with van der Waals surface area (Å²) in [5.41, 5.74) is 15.2. The molecule has 46 heavy (non-hydrogen) atoms. The first kappa shape index (κ1) is 34.6. The van der Waals surface area contributed by atoms with Crippen molar-refractivity contribution in [3.8, 4) is 0 Å². The number of allylic oxidation sites excluding steroid dienone is 1. The number of esters is 2. The maximum absolute atomic E-state index is 12.9. The normalized spacial score (nSPS) is 33.9. The van der Waals surface area contributed by atoms with Crippen LogP contribution < -0.4 is 11.5 Å². The van der Waals surface area contributed by atoms with Crippen LogP contribution in [-0.4, -0.2) is 18.0 Å². The Labute approximate surface area is 278 Å². The summed E-state index contributed by atoms with van der Waals surface area (Å²) in [6.45, 7) is 16.9. The molecular weight excluding hydrogens is 572 g/mol. The molecule has 0 heterocycles. The van der Waals surface area contributed by atoms with Gasteiger partial charge in [-0.2, -0.15) is 0 Å². The molecule has 6 nitrogen and oxygen atoms in total. The summed E-state index contributed by atoms with van der Waals surface area (Å²) in [5.74, 6) is 3.62. The maximum Gasteiger partial charge on any atom is 0.331 e. The lowest BCUT2D eigenvalue weighted by Gasteiger charge is -2.61. The molecule has 0 bridgehead atoms. The minimum absolute atomic E-state index is 0.00682. The SMILES string of the molecule is CC(C)CCCC(C)C1CCC2C3CC=C4C(C)(C)C(OC(=O)C=CC(=O)OCc5ccc(N)cc5N)CCC4(C)C3CCC12C. The molecule has 0 aromatic heterocycles. The van der Waals surface area contributed by atoms with Crippen LogP contribution in [-0.2, 0) is 25.7 Å². The standard InChI is InChI=1S/C40H60N2O4/c1-25(2)9-8-10-26(3)30-14-15-31-29-13-16-34-38(4,5)35(20-22-40(34,7)32(29)19-21-39(30,31)6)46-37(44)18-17-36(43)45-24-27-11-12-28(41)23-33(27)42/h11-12,16-18,23,25-26,29-32,35H,8-10,13-15,19-22,24,41-42H2,1-7H3. The highest BCUT2D eigenvalue weighted by molar-refractivity contribution is 5.91. The molecule has 0 spiro atoms. The summed E-state index contributed by atoms with van der Waals surface area (Å²) in [4.78, 5) is 25.2. The quantitative estimate of drug-likeness (QED) is 0.115. The van der Waals surface area contributed by atoms with Crippen LogP contribution in [0, 0.1) is 51.8 Å². The number of benzene rings is 1. The van der Waals surface area contributed by atoms with Gasteiger partial charge in [0.1, 0.15) is 12.7 Å². The lowest BCUT2D eigenvalue weighted by Crippen LogP contribution is -2.55. The first-order chi connectivity index (χ1) is 21.7. The van der Waals surface area contributed by atoms with Gasteiger partial charge in [0.2, 0.25) is 0 Å². The van der Waals surface area contributed by atoms with Gasteiger partial charge in [-0.05, 0) is 103 Å². The zero-order valence-corrected chi connectivity index (χ0v) is 29.6. The maximum atomic E-state index is 12.9. The number of nitrogen functional groups attached to an aromatic ring is 2. The number of fused-ring (bicyclic) bond motifs is 5. The number of hydrogen-bond acceptors (Lipinski definition) is 6. The van der Waals surface area contributed by atoms with Gasteiger partial charge >= 0.3 is 11.9 Å². The van der Waals surface area contributed by atoms with Crippen molar-refractivity contribution in [1.82, 2.24) is 0 Å². The zero-order chi connectivity index (χ0) is 33.4. The molecule has 0 saturated heterocycles. The van der Waals surface area contributed by atoms with Crippen LogP contribution in [0.25, 0.3) is 0 Å². The largest absolute Gasteiger partial charge is 0.458 e. The van der Waals surface area contributed by atoms with Crippen molar-refractivity contribution in [2.75, 3.05) is 11.5 Å². The Morgan fingerprint density at radius 3 is 2.39 bits per heavy atom. The molecule has 8 atom stereocenters. The predicted octanol–water partition coefficient (Wildman–Crippen LogP) is 9.04. The highest BCUT2D eigenvalue weighted by atomic mass is 16.5. The Hall–Kier alpha value is -2.76. The van der Waals surface area contributed by atoms with Gasteiger partial charge in [0.15, 0.2) is 0 Å². The van der Waals surface area contributed by atoms with Crippen LogP contribution in [0.5, 0.6) is 0 Å². The molecule has 0 aliphatic heterocycles. The van der Waals surface area contributed by atoms with Crippen molar-refractivity contribution in [1.29, 1.82) is 0 Å². The van der Waals surface area contributed by atoms with Gasteiger partial charge in [0.25, 0.3) is 0 Å². The first-order valence-corrected chi connectivity index (χ1v) is 18.1. The Kier molecular flexibility index (Phi) is 10.1. The van der Waals surface area contributed by atoms with E-state index in [1.54, 1.807) is 18.2 Å². The van der Waals surface area contributed by atoms with Gasteiger partial charge in [-0.15, -0.1) is 0 Å². The number of carbonyl (C=O) groups excluding carboxylic acids is 2. The van der Waals surface area contributed by atoms with Crippen molar-refractivity contribution in [2.45, 2.75) is 125 Å². The molecule has 4 aliphatic carbocycles. The fraction of sp³-hybridized carbons (Fsp3) is 0.700. The Morgan fingerprint density at radius 1 is 0.935 bits per heavy atom. The van der Waals surface area contributed by atoms with Crippen LogP contribution in [0.4, 0.5) is 11.4 Å². The van der Waals surface area contributed by atoms with Gasteiger partial charge in [-0.25, -0.2) is 9.59 Å². The second-order valence-electron chi connectivity index (χ2n) is 16.8. The van der Waals surface area contributed by atoms with Crippen LogP contribution in [0.3, 0.4) is 0 Å². The van der Waals surface area contributed by atoms with Crippen LogP contribution >= 0.6 is 0 Å². The zero-order valence-electron chi connectivity index (χ0n) is 29.6. The number of ether oxygens (including phenoxy) is 2. The van der Waals surface area contributed by atoms with Crippen LogP contribution in [0.1, 0.15) is 118 Å². The molecule has 3 saturated carbocycles. The summed E-state index contributed by atoms with van der Waals surface area (Å²) >= 11 is 0. The molecule has 6 heteroatoms. The number of anilines is 2. The van der Waals surface area contributed by atoms with Gasteiger partial charge in [0.05, 0.1) is 0 Å². The van der Waals surface area contributed by atoms with E-state index in [1.807, 2.05) is 0 Å². The first-order valence-electron chi connectivity index (χ1n) is 18.1. The highest BCUT2D eigenvalue weighted by Crippen LogP contribution is 2.69. The number of nitrogens with two attached hydrogens (primary N) is 2. The van der Waals surface area contributed by atoms with E-state index in [4.69, 9.17) is 20.9 Å². The van der Waals surface area contributed by atoms with Gasteiger partial charge in [0, 0.05) is 34.5 Å². The van der Waals surface area contributed by atoms with E-state index in [0.29, 0.717) is 28.3 Å². The molecule has 254 valence electrons. The summed E-state index contributed by atoms with van der Waals surface area (Å²) in [6.07, 6.45) is 17.2. The monoisotopic (exact) mass is 632 g/mol. The van der Waals surface area contributed by atoms with Crippen LogP contribution in [0.15, 0.2) is 42.0 Å². The third-order valence-electron chi connectivity index (χ3n) is 13.2. The van der Waals surface area contributed by atoms with E-state index < -0.39 is 11.9 Å². The molecule has 4 N–H and O–H groups in total. The summed E-state index contributed by atoms with van der Waals surface area (Å²) < 4.78 is 11.3.